The largest absolute Gasteiger partial charge is 0.489 e. The molecule has 0 fully saturated rings. The Labute approximate surface area is 109 Å². The summed E-state index contributed by atoms with van der Waals surface area (Å²) in [5.74, 6) is 1.55. The van der Waals surface area contributed by atoms with Gasteiger partial charge >= 0.3 is 0 Å². The molecule has 0 aromatic heterocycles. The Balaban J connectivity index is 2.42. The number of benzene rings is 1. The first-order chi connectivity index (χ1) is 8.22. The summed E-state index contributed by atoms with van der Waals surface area (Å²) < 4.78 is 5.52. The summed E-state index contributed by atoms with van der Waals surface area (Å²) in [4.78, 5) is 0. The number of halogens is 1. The van der Waals surface area contributed by atoms with Crippen LogP contribution in [0.25, 0.3) is 0 Å². The highest BCUT2D eigenvalue weighted by Crippen LogP contribution is 2.13. The zero-order chi connectivity index (χ0) is 12.5. The van der Waals surface area contributed by atoms with Gasteiger partial charge in [-0.15, -0.1) is 0 Å². The molecule has 1 aromatic carbocycles. The molecule has 0 saturated carbocycles. The smallest absolute Gasteiger partial charge is 0.120 e. The lowest BCUT2D eigenvalue weighted by molar-refractivity contribution is 0.362. The average Bonchev–Trinajstić information content (AvgIpc) is 2.29. The predicted molar refractivity (Wildman–Crippen MR) is 73.5 cm³/mol. The van der Waals surface area contributed by atoms with Gasteiger partial charge in [-0.05, 0) is 36.2 Å². The topological polar surface area (TPSA) is 21.3 Å². The zero-order valence-electron chi connectivity index (χ0n) is 10.4. The Bertz CT molecular complexity index is 350. The lowest BCUT2D eigenvalue weighted by Crippen LogP contribution is -2.18. The van der Waals surface area contributed by atoms with Crippen molar-refractivity contribution in [3.63, 3.8) is 0 Å². The Hall–Kier alpha value is -0.990. The highest BCUT2D eigenvalue weighted by molar-refractivity contribution is 6.25. The third kappa shape index (κ3) is 6.35. The molecule has 1 rings (SSSR count). The van der Waals surface area contributed by atoms with Crippen LogP contribution < -0.4 is 10.1 Å². The molecule has 0 heterocycles. The molecule has 1 aromatic rings. The van der Waals surface area contributed by atoms with Crippen molar-refractivity contribution in [1.82, 2.24) is 5.32 Å². The zero-order valence-corrected chi connectivity index (χ0v) is 11.2. The van der Waals surface area contributed by atoms with E-state index >= 15 is 0 Å². The first-order valence-electron chi connectivity index (χ1n) is 5.90. The molecule has 0 bridgehead atoms. The molecule has 0 amide bonds. The minimum absolute atomic E-state index is 0.506. The monoisotopic (exact) mass is 253 g/mol. The van der Waals surface area contributed by atoms with E-state index in [0.717, 1.165) is 18.8 Å². The summed E-state index contributed by atoms with van der Waals surface area (Å²) in [6, 6.07) is 8.10. The Morgan fingerprint density at radius 3 is 2.94 bits per heavy atom. The van der Waals surface area contributed by atoms with Gasteiger partial charge in [0.2, 0.25) is 0 Å². The van der Waals surface area contributed by atoms with Gasteiger partial charge < -0.3 is 10.1 Å². The Morgan fingerprint density at radius 2 is 2.24 bits per heavy atom. The van der Waals surface area contributed by atoms with Gasteiger partial charge in [-0.3, -0.25) is 0 Å². The van der Waals surface area contributed by atoms with Gasteiger partial charge in [0, 0.05) is 12.1 Å². The van der Waals surface area contributed by atoms with Crippen molar-refractivity contribution in [3.05, 3.63) is 41.4 Å². The molecule has 2 nitrogen and oxygen atoms in total. The van der Waals surface area contributed by atoms with Crippen molar-refractivity contribution in [2.24, 2.45) is 5.92 Å². The van der Waals surface area contributed by atoms with E-state index in [1.54, 1.807) is 6.08 Å². The summed E-state index contributed by atoms with van der Waals surface area (Å²) >= 11 is 5.43. The van der Waals surface area contributed by atoms with Crippen LogP contribution in [0.15, 0.2) is 35.9 Å². The van der Waals surface area contributed by atoms with Gasteiger partial charge in [-0.25, -0.2) is 0 Å². The molecule has 0 aliphatic carbocycles. The van der Waals surface area contributed by atoms with Crippen LogP contribution in [0, 0.1) is 5.92 Å². The average molecular weight is 254 g/mol. The molecule has 0 atom stereocenters. The number of hydrogen-bond donors (Lipinski definition) is 1. The Morgan fingerprint density at radius 1 is 1.41 bits per heavy atom. The van der Waals surface area contributed by atoms with E-state index in [2.05, 4.69) is 31.3 Å². The van der Waals surface area contributed by atoms with Crippen LogP contribution in [-0.4, -0.2) is 13.2 Å². The molecule has 0 radical (unpaired) electrons. The van der Waals surface area contributed by atoms with E-state index in [0.29, 0.717) is 12.5 Å². The second kappa shape index (κ2) is 8.15. The van der Waals surface area contributed by atoms with Crippen LogP contribution >= 0.6 is 11.6 Å². The van der Waals surface area contributed by atoms with Crippen LogP contribution in [-0.2, 0) is 6.54 Å². The van der Waals surface area contributed by atoms with E-state index < -0.39 is 0 Å². The second-order valence-corrected chi connectivity index (χ2v) is 4.60. The molecule has 3 heteroatoms. The van der Waals surface area contributed by atoms with Crippen molar-refractivity contribution in [3.8, 4) is 5.75 Å². The van der Waals surface area contributed by atoms with E-state index in [9.17, 15) is 0 Å². The van der Waals surface area contributed by atoms with Gasteiger partial charge in [-0.1, -0.05) is 37.6 Å². The molecular formula is C14H20ClNO. The number of rotatable bonds is 7. The number of ether oxygens (including phenoxy) is 1. The van der Waals surface area contributed by atoms with Crippen molar-refractivity contribution in [1.29, 1.82) is 0 Å². The fourth-order valence-corrected chi connectivity index (χ4v) is 1.50. The molecule has 0 saturated heterocycles. The van der Waals surface area contributed by atoms with Gasteiger partial charge in [0.25, 0.3) is 0 Å². The van der Waals surface area contributed by atoms with Crippen molar-refractivity contribution in [2.45, 2.75) is 20.4 Å². The van der Waals surface area contributed by atoms with Crippen molar-refractivity contribution in [2.75, 3.05) is 13.2 Å². The van der Waals surface area contributed by atoms with Crippen LogP contribution in [0.3, 0.4) is 0 Å². The third-order valence-corrected chi connectivity index (χ3v) is 2.39. The lowest BCUT2D eigenvalue weighted by Gasteiger charge is -2.09. The number of nitrogens with one attached hydrogen (secondary N) is 1. The maximum Gasteiger partial charge on any atom is 0.120 e. The normalized spacial score (nSPS) is 11.3. The molecule has 17 heavy (non-hydrogen) atoms. The molecular weight excluding hydrogens is 234 g/mol. The van der Waals surface area contributed by atoms with Crippen molar-refractivity contribution < 1.29 is 4.74 Å². The molecule has 1 N–H and O–H groups in total. The standard InChI is InChI=1S/C14H20ClNO/c1-12(2)10-16-11-13-5-3-6-14(9-13)17-8-4-7-15/h3-7,9,12,16H,8,10-11H2,1-2H3. The summed E-state index contributed by atoms with van der Waals surface area (Å²) in [7, 11) is 0. The third-order valence-electron chi connectivity index (χ3n) is 2.22. The summed E-state index contributed by atoms with van der Waals surface area (Å²) in [6.45, 7) is 6.81. The van der Waals surface area contributed by atoms with Crippen LogP contribution in [0.4, 0.5) is 0 Å². The molecule has 0 aliphatic rings. The minimum Gasteiger partial charge on any atom is -0.489 e. The molecule has 0 unspecified atom stereocenters. The summed E-state index contributed by atoms with van der Waals surface area (Å²) in [5, 5.41) is 3.40. The van der Waals surface area contributed by atoms with Crippen LogP contribution in [0.2, 0.25) is 0 Å². The second-order valence-electron chi connectivity index (χ2n) is 4.34. The van der Waals surface area contributed by atoms with Gasteiger partial charge in [-0.2, -0.15) is 0 Å². The maximum absolute atomic E-state index is 5.52. The van der Waals surface area contributed by atoms with E-state index in [-0.39, 0.29) is 0 Å². The van der Waals surface area contributed by atoms with Gasteiger partial charge in [0.15, 0.2) is 0 Å². The van der Waals surface area contributed by atoms with Crippen LogP contribution in [0.5, 0.6) is 5.75 Å². The fraction of sp³-hybridized carbons (Fsp3) is 0.429. The molecule has 0 aliphatic heterocycles. The molecule has 94 valence electrons. The minimum atomic E-state index is 0.506. The lowest BCUT2D eigenvalue weighted by atomic mass is 10.2. The number of hydrogen-bond acceptors (Lipinski definition) is 2. The first kappa shape index (κ1) is 14.1. The first-order valence-corrected chi connectivity index (χ1v) is 6.33. The predicted octanol–water partition coefficient (Wildman–Crippen LogP) is 3.56. The van der Waals surface area contributed by atoms with E-state index in [1.807, 2.05) is 12.1 Å². The maximum atomic E-state index is 5.52. The molecule has 0 spiro atoms. The van der Waals surface area contributed by atoms with E-state index in [4.69, 9.17) is 16.3 Å². The van der Waals surface area contributed by atoms with Gasteiger partial charge in [0.1, 0.15) is 12.4 Å². The quantitative estimate of drug-likeness (QED) is 0.802. The van der Waals surface area contributed by atoms with Crippen molar-refractivity contribution >= 4 is 11.6 Å². The van der Waals surface area contributed by atoms with Gasteiger partial charge in [0.05, 0.1) is 0 Å². The fourth-order valence-electron chi connectivity index (χ4n) is 1.43. The van der Waals surface area contributed by atoms with E-state index in [1.165, 1.54) is 11.1 Å². The Kier molecular flexibility index (Phi) is 6.75. The summed E-state index contributed by atoms with van der Waals surface area (Å²) in [5.41, 5.74) is 2.70. The highest BCUT2D eigenvalue weighted by Gasteiger charge is 1.97. The summed E-state index contributed by atoms with van der Waals surface area (Å²) in [6.07, 6.45) is 1.77. The van der Waals surface area contributed by atoms with Crippen LogP contribution in [0.1, 0.15) is 19.4 Å². The SMILES string of the molecule is CC(C)CNCc1cccc(OCC=CCl)c1. The highest BCUT2D eigenvalue weighted by atomic mass is 35.5.